The fraction of sp³-hybridized carbons (Fsp3) is 0.273. The van der Waals surface area contributed by atoms with Gasteiger partial charge >= 0.3 is 0 Å². The number of primary sulfonamides is 1. The number of nitrogens with two attached hydrogens (primary N) is 1. The lowest BCUT2D eigenvalue weighted by Crippen LogP contribution is -2.13. The Morgan fingerprint density at radius 3 is 2.22 bits per heavy atom. The van der Waals surface area contributed by atoms with E-state index in [1.54, 1.807) is 19.9 Å². The molecule has 0 aliphatic rings. The first kappa shape index (κ1) is 14.6. The molecule has 0 radical (unpaired) electrons. The van der Waals surface area contributed by atoms with Crippen LogP contribution in [0.25, 0.3) is 0 Å². The van der Waals surface area contributed by atoms with E-state index in [0.29, 0.717) is 12.1 Å². The predicted molar refractivity (Wildman–Crippen MR) is 62.7 cm³/mol. The maximum atomic E-state index is 13.5. The summed E-state index contributed by atoms with van der Waals surface area (Å²) in [4.78, 5) is -0.632. The summed E-state index contributed by atoms with van der Waals surface area (Å²) in [5.74, 6) is -2.85. The number of ether oxygens (including phenoxy) is 1. The Bertz CT molecular complexity index is 555. The van der Waals surface area contributed by atoms with Gasteiger partial charge in [-0.05, 0) is 32.1 Å². The summed E-state index contributed by atoms with van der Waals surface area (Å²) >= 11 is 0. The van der Waals surface area contributed by atoms with Crippen molar-refractivity contribution in [2.45, 2.75) is 18.7 Å². The van der Waals surface area contributed by atoms with Crippen molar-refractivity contribution in [2.24, 2.45) is 5.14 Å². The molecule has 18 heavy (non-hydrogen) atoms. The molecular formula is C11H13F2NO3S. The normalized spacial score (nSPS) is 11.2. The molecule has 1 aromatic carbocycles. The minimum Gasteiger partial charge on any atom is -0.483 e. The first-order valence-corrected chi connectivity index (χ1v) is 6.54. The summed E-state index contributed by atoms with van der Waals surface area (Å²) in [5, 5.41) is 4.77. The Balaban J connectivity index is 3.06. The van der Waals surface area contributed by atoms with Gasteiger partial charge in [0, 0.05) is 0 Å². The summed E-state index contributed by atoms with van der Waals surface area (Å²) in [5.41, 5.74) is 0.928. The zero-order valence-electron chi connectivity index (χ0n) is 9.91. The molecule has 0 aromatic heterocycles. The molecule has 0 aliphatic carbocycles. The van der Waals surface area contributed by atoms with E-state index in [9.17, 15) is 17.2 Å². The molecule has 1 aromatic rings. The van der Waals surface area contributed by atoms with Gasteiger partial charge in [-0.2, -0.15) is 0 Å². The minimum atomic E-state index is -4.15. The SMILES string of the molecule is CC(C)=CCOc1c(F)cc(S(N)(=O)=O)cc1F. The molecule has 4 nitrogen and oxygen atoms in total. The van der Waals surface area contributed by atoms with E-state index in [-0.39, 0.29) is 6.61 Å². The molecule has 0 unspecified atom stereocenters. The highest BCUT2D eigenvalue weighted by Gasteiger charge is 2.17. The Labute approximate surface area is 104 Å². The second kappa shape index (κ2) is 5.45. The number of sulfonamides is 1. The molecule has 0 spiro atoms. The minimum absolute atomic E-state index is 0.00903. The molecule has 2 N–H and O–H groups in total. The van der Waals surface area contributed by atoms with Gasteiger partial charge in [-0.25, -0.2) is 22.3 Å². The molecule has 0 amide bonds. The number of rotatable bonds is 4. The van der Waals surface area contributed by atoms with Crippen molar-refractivity contribution < 1.29 is 21.9 Å². The average Bonchev–Trinajstić information content (AvgIpc) is 2.20. The Morgan fingerprint density at radius 2 is 1.83 bits per heavy atom. The van der Waals surface area contributed by atoms with Gasteiger partial charge in [0.1, 0.15) is 6.61 Å². The Morgan fingerprint density at radius 1 is 1.33 bits per heavy atom. The quantitative estimate of drug-likeness (QED) is 0.855. The Kier molecular flexibility index (Phi) is 4.42. The van der Waals surface area contributed by atoms with Gasteiger partial charge < -0.3 is 4.74 Å². The van der Waals surface area contributed by atoms with Crippen molar-refractivity contribution in [1.82, 2.24) is 0 Å². The lowest BCUT2D eigenvalue weighted by atomic mass is 10.3. The highest BCUT2D eigenvalue weighted by molar-refractivity contribution is 7.89. The molecule has 100 valence electrons. The highest BCUT2D eigenvalue weighted by Crippen LogP contribution is 2.25. The van der Waals surface area contributed by atoms with E-state index >= 15 is 0 Å². The number of hydrogen-bond acceptors (Lipinski definition) is 3. The van der Waals surface area contributed by atoms with E-state index in [1.165, 1.54) is 0 Å². The molecule has 0 aliphatic heterocycles. The Hall–Kier alpha value is -1.47. The molecule has 0 bridgehead atoms. The number of halogens is 2. The fourth-order valence-electron chi connectivity index (χ4n) is 1.13. The smallest absolute Gasteiger partial charge is 0.238 e. The standard InChI is InChI=1S/C11H13F2NO3S/c1-7(2)3-4-17-11-9(12)5-8(6-10(11)13)18(14,15)16/h3,5-6H,4H2,1-2H3,(H2,14,15,16). The maximum absolute atomic E-state index is 13.5. The van der Waals surface area contributed by atoms with Crippen LogP contribution in [0.2, 0.25) is 0 Å². The van der Waals surface area contributed by atoms with Crippen LogP contribution in [0.4, 0.5) is 8.78 Å². The molecule has 1 rings (SSSR count). The van der Waals surface area contributed by atoms with Crippen molar-refractivity contribution in [3.63, 3.8) is 0 Å². The van der Waals surface area contributed by atoms with Crippen LogP contribution in [0.5, 0.6) is 5.75 Å². The zero-order valence-corrected chi connectivity index (χ0v) is 10.7. The van der Waals surface area contributed by atoms with Crippen LogP contribution in [-0.4, -0.2) is 15.0 Å². The van der Waals surface area contributed by atoms with Crippen LogP contribution in [0, 0.1) is 11.6 Å². The third-order valence-electron chi connectivity index (χ3n) is 2.02. The van der Waals surface area contributed by atoms with Crippen LogP contribution >= 0.6 is 0 Å². The summed E-state index contributed by atoms with van der Waals surface area (Å²) in [6.45, 7) is 3.60. The third kappa shape index (κ3) is 3.78. The fourth-order valence-corrected chi connectivity index (χ4v) is 1.67. The van der Waals surface area contributed by atoms with Crippen LogP contribution in [-0.2, 0) is 10.0 Å². The van der Waals surface area contributed by atoms with Crippen molar-refractivity contribution >= 4 is 10.0 Å². The van der Waals surface area contributed by atoms with E-state index in [0.717, 1.165) is 5.57 Å². The number of allylic oxidation sites excluding steroid dienone is 1. The summed E-state index contributed by atoms with van der Waals surface area (Å²) in [6, 6.07) is 1.24. The van der Waals surface area contributed by atoms with E-state index in [1.807, 2.05) is 0 Å². The van der Waals surface area contributed by atoms with Crippen molar-refractivity contribution in [3.05, 3.63) is 35.4 Å². The summed E-state index contributed by atoms with van der Waals surface area (Å²) in [7, 11) is -4.15. The molecule has 7 heteroatoms. The van der Waals surface area contributed by atoms with Crippen LogP contribution < -0.4 is 9.88 Å². The predicted octanol–water partition coefficient (Wildman–Crippen LogP) is 1.96. The van der Waals surface area contributed by atoms with Crippen molar-refractivity contribution in [2.75, 3.05) is 6.61 Å². The monoisotopic (exact) mass is 277 g/mol. The third-order valence-corrected chi connectivity index (χ3v) is 2.91. The van der Waals surface area contributed by atoms with Gasteiger partial charge in [0.25, 0.3) is 0 Å². The first-order chi connectivity index (χ1) is 8.21. The van der Waals surface area contributed by atoms with E-state index in [4.69, 9.17) is 9.88 Å². The summed E-state index contributed by atoms with van der Waals surface area (Å²) < 4.78 is 53.7. The highest BCUT2D eigenvalue weighted by atomic mass is 32.2. The first-order valence-electron chi connectivity index (χ1n) is 5.00. The largest absolute Gasteiger partial charge is 0.483 e. The lowest BCUT2D eigenvalue weighted by Gasteiger charge is -2.08. The van der Waals surface area contributed by atoms with Crippen molar-refractivity contribution in [1.29, 1.82) is 0 Å². The molecular weight excluding hydrogens is 264 g/mol. The molecule has 0 fully saturated rings. The van der Waals surface area contributed by atoms with E-state index in [2.05, 4.69) is 0 Å². The zero-order chi connectivity index (χ0) is 13.9. The van der Waals surface area contributed by atoms with Crippen molar-refractivity contribution in [3.8, 4) is 5.75 Å². The van der Waals surface area contributed by atoms with Gasteiger partial charge in [-0.1, -0.05) is 5.57 Å². The second-order valence-corrected chi connectivity index (χ2v) is 5.41. The molecule has 0 heterocycles. The number of hydrogen-bond donors (Lipinski definition) is 1. The van der Waals surface area contributed by atoms with Gasteiger partial charge in [0.15, 0.2) is 17.4 Å². The molecule has 0 saturated heterocycles. The van der Waals surface area contributed by atoms with Crippen LogP contribution in [0.1, 0.15) is 13.8 Å². The number of benzene rings is 1. The van der Waals surface area contributed by atoms with Gasteiger partial charge in [0.05, 0.1) is 4.90 Å². The van der Waals surface area contributed by atoms with Crippen LogP contribution in [0.15, 0.2) is 28.7 Å². The maximum Gasteiger partial charge on any atom is 0.238 e. The van der Waals surface area contributed by atoms with Gasteiger partial charge in [0.2, 0.25) is 10.0 Å². The topological polar surface area (TPSA) is 69.4 Å². The van der Waals surface area contributed by atoms with Gasteiger partial charge in [-0.15, -0.1) is 0 Å². The van der Waals surface area contributed by atoms with E-state index < -0.39 is 32.3 Å². The van der Waals surface area contributed by atoms with Crippen LogP contribution in [0.3, 0.4) is 0 Å². The average molecular weight is 277 g/mol. The second-order valence-electron chi connectivity index (χ2n) is 3.85. The molecule has 0 atom stereocenters. The molecule has 0 saturated carbocycles. The van der Waals surface area contributed by atoms with Gasteiger partial charge in [-0.3, -0.25) is 0 Å². The lowest BCUT2D eigenvalue weighted by molar-refractivity contribution is 0.319. The summed E-state index contributed by atoms with van der Waals surface area (Å²) in [6.07, 6.45) is 1.63.